The van der Waals surface area contributed by atoms with Gasteiger partial charge < -0.3 is 16.4 Å². The van der Waals surface area contributed by atoms with Crippen molar-refractivity contribution in [1.82, 2.24) is 10.6 Å². The maximum atomic E-state index is 11.6. The van der Waals surface area contributed by atoms with E-state index in [0.717, 1.165) is 25.7 Å². The first-order valence-corrected chi connectivity index (χ1v) is 6.40. The fraction of sp³-hybridized carbons (Fsp3) is 0.833. The molecule has 2 amide bonds. The molecule has 5 nitrogen and oxygen atoms in total. The Labute approximate surface area is 103 Å². The van der Waals surface area contributed by atoms with Crippen LogP contribution in [0.5, 0.6) is 0 Å². The van der Waals surface area contributed by atoms with Crippen LogP contribution in [0, 0.1) is 5.92 Å². The van der Waals surface area contributed by atoms with Gasteiger partial charge in [-0.15, -0.1) is 0 Å². The van der Waals surface area contributed by atoms with E-state index in [0.29, 0.717) is 25.6 Å². The first kappa shape index (κ1) is 14.0. The first-order chi connectivity index (χ1) is 8.13. The monoisotopic (exact) mass is 241 g/mol. The lowest BCUT2D eigenvalue weighted by atomic mass is 10.1. The first-order valence-electron chi connectivity index (χ1n) is 6.40. The Morgan fingerprint density at radius 3 is 2.71 bits per heavy atom. The van der Waals surface area contributed by atoms with Gasteiger partial charge in [-0.3, -0.25) is 9.59 Å². The molecule has 1 aliphatic rings. The van der Waals surface area contributed by atoms with E-state index in [9.17, 15) is 9.59 Å². The predicted molar refractivity (Wildman–Crippen MR) is 66.2 cm³/mol. The molecule has 0 aromatic heterocycles. The van der Waals surface area contributed by atoms with Crippen molar-refractivity contribution in [2.75, 3.05) is 13.1 Å². The van der Waals surface area contributed by atoms with Crippen LogP contribution in [0.4, 0.5) is 0 Å². The zero-order valence-corrected chi connectivity index (χ0v) is 10.5. The summed E-state index contributed by atoms with van der Waals surface area (Å²) in [5.41, 5.74) is 5.38. The maximum absolute atomic E-state index is 11.6. The fourth-order valence-corrected chi connectivity index (χ4v) is 1.56. The van der Waals surface area contributed by atoms with E-state index in [-0.39, 0.29) is 17.7 Å². The van der Waals surface area contributed by atoms with Crippen molar-refractivity contribution >= 4 is 11.8 Å². The van der Waals surface area contributed by atoms with Gasteiger partial charge >= 0.3 is 0 Å². The van der Waals surface area contributed by atoms with E-state index in [4.69, 9.17) is 5.73 Å². The molecule has 0 bridgehead atoms. The molecule has 0 aromatic rings. The number of hydrogen-bond donors (Lipinski definition) is 3. The van der Waals surface area contributed by atoms with E-state index < -0.39 is 0 Å². The van der Waals surface area contributed by atoms with Crippen LogP contribution in [-0.4, -0.2) is 30.9 Å². The molecule has 17 heavy (non-hydrogen) atoms. The lowest BCUT2D eigenvalue weighted by molar-refractivity contribution is -0.125. The average molecular weight is 241 g/mol. The number of rotatable bonds is 8. The average Bonchev–Trinajstić information content (AvgIpc) is 3.09. The van der Waals surface area contributed by atoms with E-state index >= 15 is 0 Å². The van der Waals surface area contributed by atoms with Gasteiger partial charge in [0.1, 0.15) is 0 Å². The van der Waals surface area contributed by atoms with Crippen LogP contribution in [0.3, 0.4) is 0 Å². The molecule has 0 radical (unpaired) electrons. The van der Waals surface area contributed by atoms with E-state index in [1.54, 1.807) is 0 Å². The summed E-state index contributed by atoms with van der Waals surface area (Å²) in [4.78, 5) is 22.9. The standard InChI is InChI=1S/C12H23N3O2/c1-9(3-2-7-13)12(17)14-8-6-11(16)15-10-4-5-10/h9-10H,2-8,13H2,1H3,(H,14,17)(H,15,16). The van der Waals surface area contributed by atoms with Crippen LogP contribution in [-0.2, 0) is 9.59 Å². The Morgan fingerprint density at radius 1 is 1.41 bits per heavy atom. The summed E-state index contributed by atoms with van der Waals surface area (Å²) in [5, 5.41) is 5.66. The number of nitrogens with one attached hydrogen (secondary N) is 2. The van der Waals surface area contributed by atoms with Crippen molar-refractivity contribution in [3.8, 4) is 0 Å². The van der Waals surface area contributed by atoms with Crippen molar-refractivity contribution < 1.29 is 9.59 Å². The van der Waals surface area contributed by atoms with Gasteiger partial charge in [0.05, 0.1) is 0 Å². The molecule has 1 fully saturated rings. The van der Waals surface area contributed by atoms with Gasteiger partial charge in [-0.2, -0.15) is 0 Å². The van der Waals surface area contributed by atoms with E-state index in [1.165, 1.54) is 0 Å². The van der Waals surface area contributed by atoms with Gasteiger partial charge in [-0.05, 0) is 32.2 Å². The summed E-state index contributed by atoms with van der Waals surface area (Å²) >= 11 is 0. The number of carbonyl (C=O) groups is 2. The third-order valence-corrected chi connectivity index (χ3v) is 2.88. The van der Waals surface area contributed by atoms with Crippen LogP contribution in [0.2, 0.25) is 0 Å². The Kier molecular flexibility index (Phi) is 5.97. The summed E-state index contributed by atoms with van der Waals surface area (Å²) in [5.74, 6) is 0.0186. The van der Waals surface area contributed by atoms with E-state index in [1.807, 2.05) is 6.92 Å². The molecule has 1 saturated carbocycles. The smallest absolute Gasteiger partial charge is 0.222 e. The zero-order valence-electron chi connectivity index (χ0n) is 10.5. The number of amides is 2. The molecular weight excluding hydrogens is 218 g/mol. The highest BCUT2D eigenvalue weighted by atomic mass is 16.2. The van der Waals surface area contributed by atoms with Crippen LogP contribution in [0.1, 0.15) is 39.0 Å². The van der Waals surface area contributed by atoms with Crippen molar-refractivity contribution in [3.05, 3.63) is 0 Å². The molecule has 98 valence electrons. The molecule has 0 aliphatic heterocycles. The molecular formula is C12H23N3O2. The van der Waals surface area contributed by atoms with Gasteiger partial charge in [0.15, 0.2) is 0 Å². The Morgan fingerprint density at radius 2 is 2.12 bits per heavy atom. The zero-order chi connectivity index (χ0) is 12.7. The van der Waals surface area contributed by atoms with Gasteiger partial charge in [0, 0.05) is 24.9 Å². The molecule has 1 atom stereocenters. The third-order valence-electron chi connectivity index (χ3n) is 2.88. The van der Waals surface area contributed by atoms with Crippen LogP contribution in [0.15, 0.2) is 0 Å². The van der Waals surface area contributed by atoms with Crippen molar-refractivity contribution in [3.63, 3.8) is 0 Å². The second kappa shape index (κ2) is 7.27. The summed E-state index contributed by atoms with van der Waals surface area (Å²) in [6.45, 7) is 2.92. The van der Waals surface area contributed by atoms with Crippen molar-refractivity contribution in [2.24, 2.45) is 11.7 Å². The Hall–Kier alpha value is -1.10. The number of hydrogen-bond acceptors (Lipinski definition) is 3. The second-order valence-corrected chi connectivity index (χ2v) is 4.71. The molecule has 0 heterocycles. The SMILES string of the molecule is CC(CCCN)C(=O)NCCC(=O)NC1CC1. The Balaban J connectivity index is 2.03. The molecule has 0 spiro atoms. The maximum Gasteiger partial charge on any atom is 0.222 e. The Bertz CT molecular complexity index is 264. The van der Waals surface area contributed by atoms with Crippen LogP contribution in [0.25, 0.3) is 0 Å². The lowest BCUT2D eigenvalue weighted by Crippen LogP contribution is -2.34. The van der Waals surface area contributed by atoms with Crippen molar-refractivity contribution in [2.45, 2.75) is 45.1 Å². The minimum Gasteiger partial charge on any atom is -0.355 e. The highest BCUT2D eigenvalue weighted by molar-refractivity contribution is 5.80. The molecule has 5 heteroatoms. The van der Waals surface area contributed by atoms with Crippen LogP contribution >= 0.6 is 0 Å². The molecule has 1 unspecified atom stereocenters. The largest absolute Gasteiger partial charge is 0.355 e. The summed E-state index contributed by atoms with van der Waals surface area (Å²) in [6.07, 6.45) is 4.21. The number of nitrogens with two attached hydrogens (primary N) is 1. The molecule has 1 rings (SSSR count). The molecule has 0 saturated heterocycles. The summed E-state index contributed by atoms with van der Waals surface area (Å²) in [6, 6.07) is 0.390. The van der Waals surface area contributed by atoms with Gasteiger partial charge in [0.2, 0.25) is 11.8 Å². The second-order valence-electron chi connectivity index (χ2n) is 4.71. The van der Waals surface area contributed by atoms with Crippen molar-refractivity contribution in [1.29, 1.82) is 0 Å². The minimum absolute atomic E-state index is 0.0117. The highest BCUT2D eigenvalue weighted by Crippen LogP contribution is 2.18. The third kappa shape index (κ3) is 6.26. The highest BCUT2D eigenvalue weighted by Gasteiger charge is 2.22. The number of carbonyl (C=O) groups excluding carboxylic acids is 2. The topological polar surface area (TPSA) is 84.2 Å². The fourth-order valence-electron chi connectivity index (χ4n) is 1.56. The molecule has 0 aromatic carbocycles. The van der Waals surface area contributed by atoms with E-state index in [2.05, 4.69) is 10.6 Å². The predicted octanol–water partition coefficient (Wildman–Crippen LogP) is 0.146. The summed E-state index contributed by atoms with van der Waals surface area (Å²) < 4.78 is 0. The normalized spacial score (nSPS) is 16.4. The van der Waals surface area contributed by atoms with Crippen LogP contribution < -0.4 is 16.4 Å². The van der Waals surface area contributed by atoms with Gasteiger partial charge in [0.25, 0.3) is 0 Å². The summed E-state index contributed by atoms with van der Waals surface area (Å²) in [7, 11) is 0. The quantitative estimate of drug-likeness (QED) is 0.565. The lowest BCUT2D eigenvalue weighted by Gasteiger charge is -2.11. The molecule has 4 N–H and O–H groups in total. The minimum atomic E-state index is -0.0231. The molecule has 1 aliphatic carbocycles. The van der Waals surface area contributed by atoms with Gasteiger partial charge in [-0.25, -0.2) is 0 Å². The van der Waals surface area contributed by atoms with Gasteiger partial charge in [-0.1, -0.05) is 6.92 Å².